The van der Waals surface area contributed by atoms with Crippen LogP contribution in [0.5, 0.6) is 0 Å². The Labute approximate surface area is 73.0 Å². The average Bonchev–Trinajstić information content (AvgIpc) is 2.06. The van der Waals surface area contributed by atoms with Gasteiger partial charge in [-0.05, 0) is 12.5 Å². The SMILES string of the molecule is C=C(C)C(=O)CN1CCOCC1. The predicted octanol–water partition coefficient (Wildman–Crippen LogP) is 0.464. The first-order chi connectivity index (χ1) is 5.70. The highest BCUT2D eigenvalue weighted by atomic mass is 16.5. The van der Waals surface area contributed by atoms with Crippen LogP contribution in [-0.2, 0) is 9.53 Å². The third-order valence-electron chi connectivity index (χ3n) is 1.95. The summed E-state index contributed by atoms with van der Waals surface area (Å²) < 4.78 is 5.17. The summed E-state index contributed by atoms with van der Waals surface area (Å²) in [5.41, 5.74) is 0.640. The van der Waals surface area contributed by atoms with Gasteiger partial charge in [-0.25, -0.2) is 0 Å². The van der Waals surface area contributed by atoms with Gasteiger partial charge in [-0.3, -0.25) is 9.69 Å². The largest absolute Gasteiger partial charge is 0.379 e. The van der Waals surface area contributed by atoms with Gasteiger partial charge in [0.15, 0.2) is 5.78 Å². The molecular weight excluding hydrogens is 154 g/mol. The van der Waals surface area contributed by atoms with Gasteiger partial charge in [0.25, 0.3) is 0 Å². The quantitative estimate of drug-likeness (QED) is 0.575. The van der Waals surface area contributed by atoms with Gasteiger partial charge in [0.1, 0.15) is 0 Å². The minimum absolute atomic E-state index is 0.136. The number of ketones is 1. The van der Waals surface area contributed by atoms with Crippen LogP contribution in [0.2, 0.25) is 0 Å². The molecule has 1 fully saturated rings. The summed E-state index contributed by atoms with van der Waals surface area (Å²) in [6.45, 7) is 9.06. The van der Waals surface area contributed by atoms with Crippen molar-refractivity contribution in [3.63, 3.8) is 0 Å². The lowest BCUT2D eigenvalue weighted by Crippen LogP contribution is -2.39. The molecule has 0 aliphatic carbocycles. The zero-order chi connectivity index (χ0) is 8.97. The number of Topliss-reactive ketones (excluding diaryl/α,β-unsaturated/α-hetero) is 1. The second-order valence-corrected chi connectivity index (χ2v) is 3.09. The van der Waals surface area contributed by atoms with E-state index in [4.69, 9.17) is 4.74 Å². The monoisotopic (exact) mass is 169 g/mol. The zero-order valence-electron chi connectivity index (χ0n) is 7.51. The summed E-state index contributed by atoms with van der Waals surface area (Å²) >= 11 is 0. The topological polar surface area (TPSA) is 29.5 Å². The van der Waals surface area contributed by atoms with Gasteiger partial charge in [0.05, 0.1) is 19.8 Å². The van der Waals surface area contributed by atoms with E-state index in [-0.39, 0.29) is 5.78 Å². The van der Waals surface area contributed by atoms with E-state index in [2.05, 4.69) is 11.5 Å². The van der Waals surface area contributed by atoms with E-state index in [1.807, 2.05) is 0 Å². The molecule has 0 bridgehead atoms. The van der Waals surface area contributed by atoms with Gasteiger partial charge in [-0.2, -0.15) is 0 Å². The Morgan fingerprint density at radius 3 is 2.58 bits per heavy atom. The molecule has 1 heterocycles. The van der Waals surface area contributed by atoms with Crippen molar-refractivity contribution in [2.45, 2.75) is 6.92 Å². The van der Waals surface area contributed by atoms with Crippen molar-refractivity contribution in [3.8, 4) is 0 Å². The minimum atomic E-state index is 0.136. The van der Waals surface area contributed by atoms with Crippen molar-refractivity contribution in [2.24, 2.45) is 0 Å². The standard InChI is InChI=1S/C9H15NO2/c1-8(2)9(11)7-10-3-5-12-6-4-10/h1,3-7H2,2H3. The summed E-state index contributed by atoms with van der Waals surface area (Å²) in [6, 6.07) is 0. The number of carbonyl (C=O) groups is 1. The van der Waals surface area contributed by atoms with Crippen molar-refractivity contribution in [1.82, 2.24) is 4.90 Å². The first-order valence-corrected chi connectivity index (χ1v) is 4.19. The molecule has 68 valence electrons. The molecule has 0 radical (unpaired) electrons. The maximum Gasteiger partial charge on any atom is 0.171 e. The lowest BCUT2D eigenvalue weighted by molar-refractivity contribution is -0.117. The van der Waals surface area contributed by atoms with Gasteiger partial charge in [-0.1, -0.05) is 6.58 Å². The summed E-state index contributed by atoms with van der Waals surface area (Å²) in [6.07, 6.45) is 0. The highest BCUT2D eigenvalue weighted by Crippen LogP contribution is 1.99. The number of morpholine rings is 1. The number of nitrogens with zero attached hydrogens (tertiary/aromatic N) is 1. The van der Waals surface area contributed by atoms with Crippen molar-refractivity contribution < 1.29 is 9.53 Å². The number of rotatable bonds is 3. The van der Waals surface area contributed by atoms with E-state index in [0.717, 1.165) is 26.3 Å². The van der Waals surface area contributed by atoms with Crippen LogP contribution in [0.15, 0.2) is 12.2 Å². The fraction of sp³-hybridized carbons (Fsp3) is 0.667. The molecule has 1 aliphatic rings. The van der Waals surface area contributed by atoms with E-state index in [9.17, 15) is 4.79 Å². The molecule has 12 heavy (non-hydrogen) atoms. The van der Waals surface area contributed by atoms with Crippen molar-refractivity contribution in [1.29, 1.82) is 0 Å². The number of hydrogen-bond donors (Lipinski definition) is 0. The molecule has 0 unspecified atom stereocenters. The average molecular weight is 169 g/mol. The van der Waals surface area contributed by atoms with Crippen LogP contribution in [-0.4, -0.2) is 43.5 Å². The molecule has 0 aromatic heterocycles. The van der Waals surface area contributed by atoms with Crippen molar-refractivity contribution in [2.75, 3.05) is 32.8 Å². The maximum absolute atomic E-state index is 11.2. The number of hydrogen-bond acceptors (Lipinski definition) is 3. The van der Waals surface area contributed by atoms with Crippen molar-refractivity contribution >= 4 is 5.78 Å². The highest BCUT2D eigenvalue weighted by Gasteiger charge is 2.13. The van der Waals surface area contributed by atoms with Gasteiger partial charge >= 0.3 is 0 Å². The van der Waals surface area contributed by atoms with E-state index >= 15 is 0 Å². The Balaban J connectivity index is 2.29. The highest BCUT2D eigenvalue weighted by molar-refractivity contribution is 5.95. The van der Waals surface area contributed by atoms with Crippen LogP contribution in [0, 0.1) is 0 Å². The van der Waals surface area contributed by atoms with E-state index in [0.29, 0.717) is 12.1 Å². The Kier molecular flexibility index (Phi) is 3.44. The van der Waals surface area contributed by atoms with Crippen LogP contribution in [0.25, 0.3) is 0 Å². The van der Waals surface area contributed by atoms with Crippen LogP contribution in [0.3, 0.4) is 0 Å². The molecule has 0 aromatic carbocycles. The smallest absolute Gasteiger partial charge is 0.171 e. The number of ether oxygens (including phenoxy) is 1. The lowest BCUT2D eigenvalue weighted by Gasteiger charge is -2.25. The van der Waals surface area contributed by atoms with Crippen LogP contribution in [0.4, 0.5) is 0 Å². The third-order valence-corrected chi connectivity index (χ3v) is 1.95. The normalized spacial score (nSPS) is 19.1. The fourth-order valence-corrected chi connectivity index (χ4v) is 1.10. The van der Waals surface area contributed by atoms with Crippen LogP contribution < -0.4 is 0 Å². The molecule has 0 saturated carbocycles. The first-order valence-electron chi connectivity index (χ1n) is 4.19. The molecule has 0 amide bonds. The summed E-state index contributed by atoms with van der Waals surface area (Å²) in [5, 5.41) is 0. The zero-order valence-corrected chi connectivity index (χ0v) is 7.51. The minimum Gasteiger partial charge on any atom is -0.379 e. The summed E-state index contributed by atoms with van der Waals surface area (Å²) in [7, 11) is 0. The fourth-order valence-electron chi connectivity index (χ4n) is 1.10. The Bertz CT molecular complexity index is 183. The number of carbonyl (C=O) groups excluding carboxylic acids is 1. The van der Waals surface area contributed by atoms with Gasteiger partial charge in [0, 0.05) is 13.1 Å². The van der Waals surface area contributed by atoms with Crippen molar-refractivity contribution in [3.05, 3.63) is 12.2 Å². The molecule has 1 saturated heterocycles. The van der Waals surface area contributed by atoms with E-state index < -0.39 is 0 Å². The molecule has 0 atom stereocenters. The Hall–Kier alpha value is -0.670. The molecule has 3 heteroatoms. The second-order valence-electron chi connectivity index (χ2n) is 3.09. The molecule has 0 spiro atoms. The van der Waals surface area contributed by atoms with E-state index in [1.165, 1.54) is 0 Å². The second kappa shape index (κ2) is 4.38. The summed E-state index contributed by atoms with van der Waals surface area (Å²) in [4.78, 5) is 13.3. The maximum atomic E-state index is 11.2. The molecule has 0 aromatic rings. The van der Waals surface area contributed by atoms with Gasteiger partial charge in [-0.15, -0.1) is 0 Å². The molecule has 1 rings (SSSR count). The Morgan fingerprint density at radius 2 is 2.08 bits per heavy atom. The molecular formula is C9H15NO2. The van der Waals surface area contributed by atoms with Crippen LogP contribution in [0.1, 0.15) is 6.92 Å². The third kappa shape index (κ3) is 2.75. The Morgan fingerprint density at radius 1 is 1.50 bits per heavy atom. The first kappa shape index (κ1) is 9.42. The summed E-state index contributed by atoms with van der Waals surface area (Å²) in [5.74, 6) is 0.136. The molecule has 0 N–H and O–H groups in total. The van der Waals surface area contributed by atoms with Gasteiger partial charge in [0.2, 0.25) is 0 Å². The van der Waals surface area contributed by atoms with Crippen LogP contribution >= 0.6 is 0 Å². The van der Waals surface area contributed by atoms with E-state index in [1.54, 1.807) is 6.92 Å². The molecule has 3 nitrogen and oxygen atoms in total. The molecule has 1 aliphatic heterocycles. The lowest BCUT2D eigenvalue weighted by atomic mass is 10.2. The predicted molar refractivity (Wildman–Crippen MR) is 47.1 cm³/mol. The van der Waals surface area contributed by atoms with Gasteiger partial charge < -0.3 is 4.74 Å².